The zero-order valence-electron chi connectivity index (χ0n) is 7.28. The minimum absolute atomic E-state index is 0.0508. The third-order valence-corrected chi connectivity index (χ3v) is 2.33. The molecule has 1 aliphatic heterocycles. The van der Waals surface area contributed by atoms with E-state index in [1.165, 1.54) is 0 Å². The van der Waals surface area contributed by atoms with E-state index in [1.807, 2.05) is 14.8 Å². The van der Waals surface area contributed by atoms with Gasteiger partial charge in [0.05, 0.1) is 24.8 Å². The first kappa shape index (κ1) is 9.04. The van der Waals surface area contributed by atoms with Crippen molar-refractivity contribution in [1.82, 2.24) is 0 Å². The fraction of sp³-hybridized carbons (Fsp3) is 1.00. The van der Waals surface area contributed by atoms with Crippen LogP contribution in [0.25, 0.3) is 0 Å². The van der Waals surface area contributed by atoms with Crippen LogP contribution in [0, 0.1) is 5.92 Å². The third kappa shape index (κ3) is 1.75. The van der Waals surface area contributed by atoms with Crippen molar-refractivity contribution in [2.75, 3.05) is 13.7 Å². The van der Waals surface area contributed by atoms with Gasteiger partial charge in [0.15, 0.2) is 0 Å². The molecule has 0 spiro atoms. The van der Waals surface area contributed by atoms with Gasteiger partial charge in [-0.05, 0) is 0 Å². The van der Waals surface area contributed by atoms with Crippen LogP contribution in [-0.2, 0) is 9.47 Å². The Bertz CT molecular complexity index is 131. The van der Waals surface area contributed by atoms with Crippen LogP contribution in [-0.4, -0.2) is 44.9 Å². The molecule has 1 aliphatic rings. The van der Waals surface area contributed by atoms with Crippen molar-refractivity contribution >= 4 is 7.85 Å². The first-order valence-electron chi connectivity index (χ1n) is 3.99. The number of hydrogen-bond acceptors (Lipinski definition) is 3. The molecule has 0 aromatic carbocycles. The summed E-state index contributed by atoms with van der Waals surface area (Å²) in [5, 5.41) is 9.48. The predicted molar refractivity (Wildman–Crippen MR) is 44.3 cm³/mol. The SMILES string of the molecule is BC1OC(COC)C(C)C1O. The fourth-order valence-electron chi connectivity index (χ4n) is 1.48. The van der Waals surface area contributed by atoms with Gasteiger partial charge in [-0.2, -0.15) is 0 Å². The largest absolute Gasteiger partial charge is 0.391 e. The molecule has 0 amide bonds. The Morgan fingerprint density at radius 2 is 2.27 bits per heavy atom. The van der Waals surface area contributed by atoms with Gasteiger partial charge in [-0.25, -0.2) is 0 Å². The predicted octanol–water partition coefficient (Wildman–Crippen LogP) is -1.01. The summed E-state index contributed by atoms with van der Waals surface area (Å²) in [6, 6.07) is -0.0508. The molecule has 0 aliphatic carbocycles. The highest BCUT2D eigenvalue weighted by atomic mass is 16.5. The fourth-order valence-corrected chi connectivity index (χ4v) is 1.48. The van der Waals surface area contributed by atoms with Crippen molar-refractivity contribution in [3.05, 3.63) is 0 Å². The van der Waals surface area contributed by atoms with E-state index in [2.05, 4.69) is 0 Å². The summed E-state index contributed by atoms with van der Waals surface area (Å²) in [5.41, 5.74) is 0. The number of rotatable bonds is 2. The van der Waals surface area contributed by atoms with E-state index in [1.54, 1.807) is 7.11 Å². The lowest BCUT2D eigenvalue weighted by Crippen LogP contribution is -2.26. The highest BCUT2D eigenvalue weighted by molar-refractivity contribution is 6.11. The maximum atomic E-state index is 9.48. The molecule has 4 atom stereocenters. The van der Waals surface area contributed by atoms with Gasteiger partial charge in [-0.15, -0.1) is 0 Å². The molecule has 4 unspecified atom stereocenters. The van der Waals surface area contributed by atoms with E-state index in [0.29, 0.717) is 6.61 Å². The summed E-state index contributed by atoms with van der Waals surface area (Å²) in [4.78, 5) is 0. The van der Waals surface area contributed by atoms with Gasteiger partial charge in [-0.1, -0.05) is 6.92 Å². The van der Waals surface area contributed by atoms with Crippen LogP contribution in [0.2, 0.25) is 0 Å². The number of aliphatic hydroxyl groups excluding tert-OH is 1. The first-order chi connectivity index (χ1) is 5.16. The molecule has 0 saturated carbocycles. The van der Waals surface area contributed by atoms with Crippen LogP contribution in [0.1, 0.15) is 6.92 Å². The van der Waals surface area contributed by atoms with Crippen molar-refractivity contribution in [3.8, 4) is 0 Å². The molecule has 4 heteroatoms. The standard InChI is InChI=1S/C7H15BO3/c1-4-5(3-10-2)11-7(8)6(4)9/h4-7,9H,3,8H2,1-2H3. The Morgan fingerprint density at radius 1 is 1.64 bits per heavy atom. The Labute approximate surface area is 68.1 Å². The average Bonchev–Trinajstić information content (AvgIpc) is 2.19. The maximum Gasteiger partial charge on any atom is 0.142 e. The summed E-state index contributed by atoms with van der Waals surface area (Å²) in [5.74, 6) is 0.185. The zero-order valence-corrected chi connectivity index (χ0v) is 7.28. The molecular formula is C7H15BO3. The van der Waals surface area contributed by atoms with Crippen LogP contribution in [0.4, 0.5) is 0 Å². The molecule has 0 radical (unpaired) electrons. The van der Waals surface area contributed by atoms with Gasteiger partial charge in [0, 0.05) is 13.0 Å². The van der Waals surface area contributed by atoms with E-state index in [-0.39, 0.29) is 24.1 Å². The molecule has 64 valence electrons. The number of ether oxygens (including phenoxy) is 2. The van der Waals surface area contributed by atoms with Gasteiger partial charge >= 0.3 is 0 Å². The lowest BCUT2D eigenvalue weighted by atomic mass is 9.89. The highest BCUT2D eigenvalue weighted by Crippen LogP contribution is 2.24. The minimum atomic E-state index is -0.338. The molecule has 1 N–H and O–H groups in total. The van der Waals surface area contributed by atoms with Crippen LogP contribution in [0.15, 0.2) is 0 Å². The van der Waals surface area contributed by atoms with E-state index >= 15 is 0 Å². The Hall–Kier alpha value is -0.0551. The van der Waals surface area contributed by atoms with E-state index in [4.69, 9.17) is 9.47 Å². The smallest absolute Gasteiger partial charge is 0.142 e. The molecule has 11 heavy (non-hydrogen) atoms. The number of aliphatic hydroxyl groups is 1. The quantitative estimate of drug-likeness (QED) is 0.523. The molecule has 0 aromatic heterocycles. The highest BCUT2D eigenvalue weighted by Gasteiger charge is 2.37. The van der Waals surface area contributed by atoms with Crippen molar-refractivity contribution < 1.29 is 14.6 Å². The zero-order chi connectivity index (χ0) is 8.43. The second kappa shape index (κ2) is 3.56. The van der Waals surface area contributed by atoms with Crippen LogP contribution in [0.3, 0.4) is 0 Å². The minimum Gasteiger partial charge on any atom is -0.391 e. The molecule has 1 fully saturated rings. The molecule has 3 nitrogen and oxygen atoms in total. The normalized spacial score (nSPS) is 44.6. The van der Waals surface area contributed by atoms with Crippen molar-refractivity contribution in [2.45, 2.75) is 25.1 Å². The van der Waals surface area contributed by atoms with Crippen molar-refractivity contribution in [1.29, 1.82) is 0 Å². The van der Waals surface area contributed by atoms with E-state index < -0.39 is 0 Å². The van der Waals surface area contributed by atoms with Gasteiger partial charge in [0.2, 0.25) is 0 Å². The third-order valence-electron chi connectivity index (χ3n) is 2.33. The van der Waals surface area contributed by atoms with E-state index in [9.17, 15) is 5.11 Å². The monoisotopic (exact) mass is 158 g/mol. The summed E-state index contributed by atoms with van der Waals surface area (Å²) in [6.07, 6.45) is -0.278. The Kier molecular flexibility index (Phi) is 2.93. The van der Waals surface area contributed by atoms with Gasteiger partial charge < -0.3 is 14.6 Å². The summed E-state index contributed by atoms with van der Waals surface area (Å²) in [6.45, 7) is 2.56. The Morgan fingerprint density at radius 3 is 2.64 bits per heavy atom. The maximum absolute atomic E-state index is 9.48. The van der Waals surface area contributed by atoms with E-state index in [0.717, 1.165) is 0 Å². The average molecular weight is 158 g/mol. The molecule has 1 saturated heterocycles. The van der Waals surface area contributed by atoms with Crippen molar-refractivity contribution in [2.24, 2.45) is 5.92 Å². The summed E-state index contributed by atoms with van der Waals surface area (Å²) in [7, 11) is 3.53. The number of hydrogen-bond donors (Lipinski definition) is 1. The van der Waals surface area contributed by atoms with Gasteiger partial charge in [0.1, 0.15) is 7.85 Å². The molecule has 0 bridgehead atoms. The molecule has 0 aromatic rings. The lowest BCUT2D eigenvalue weighted by molar-refractivity contribution is 0.00990. The second-order valence-corrected chi connectivity index (χ2v) is 3.18. The summed E-state index contributed by atoms with van der Waals surface area (Å²) < 4.78 is 10.4. The van der Waals surface area contributed by atoms with Crippen LogP contribution in [0.5, 0.6) is 0 Å². The first-order valence-corrected chi connectivity index (χ1v) is 3.99. The van der Waals surface area contributed by atoms with Crippen LogP contribution < -0.4 is 0 Å². The molecule has 1 heterocycles. The topological polar surface area (TPSA) is 38.7 Å². The second-order valence-electron chi connectivity index (χ2n) is 3.18. The van der Waals surface area contributed by atoms with Crippen molar-refractivity contribution in [3.63, 3.8) is 0 Å². The number of methoxy groups -OCH3 is 1. The van der Waals surface area contributed by atoms with Gasteiger partial charge in [-0.3, -0.25) is 0 Å². The molecular weight excluding hydrogens is 143 g/mol. The lowest BCUT2D eigenvalue weighted by Gasteiger charge is -2.13. The summed E-state index contributed by atoms with van der Waals surface area (Å²) >= 11 is 0. The Balaban J connectivity index is 2.45. The molecule has 1 rings (SSSR count). The van der Waals surface area contributed by atoms with Gasteiger partial charge in [0.25, 0.3) is 0 Å². The van der Waals surface area contributed by atoms with Crippen LogP contribution >= 0.6 is 0 Å².